The van der Waals surface area contributed by atoms with E-state index in [-0.39, 0.29) is 5.91 Å². The van der Waals surface area contributed by atoms with Gasteiger partial charge in [-0.1, -0.05) is 18.2 Å². The molecule has 0 atom stereocenters. The minimum atomic E-state index is -0.118. The van der Waals surface area contributed by atoms with E-state index in [4.69, 9.17) is 4.74 Å². The zero-order valence-electron chi connectivity index (χ0n) is 15.3. The van der Waals surface area contributed by atoms with E-state index in [0.29, 0.717) is 23.8 Å². The van der Waals surface area contributed by atoms with Crippen LogP contribution in [0.4, 0.5) is 0 Å². The predicted molar refractivity (Wildman–Crippen MR) is 100 cm³/mol. The summed E-state index contributed by atoms with van der Waals surface area (Å²) < 4.78 is 7.32. The highest BCUT2D eigenvalue weighted by molar-refractivity contribution is 6.04. The maximum absolute atomic E-state index is 11.7. The fraction of sp³-hybridized carbons (Fsp3) is 0.250. The molecular formula is C20H21N3O3. The minimum absolute atomic E-state index is 0.118. The molecule has 0 saturated carbocycles. The lowest BCUT2D eigenvalue weighted by Gasteiger charge is -2.13. The van der Waals surface area contributed by atoms with E-state index in [1.54, 1.807) is 7.11 Å². The van der Waals surface area contributed by atoms with Crippen LogP contribution in [-0.2, 0) is 18.4 Å². The van der Waals surface area contributed by atoms with E-state index in [1.807, 2.05) is 48.9 Å². The number of carbonyl (C=O) groups is 2. The molecule has 3 rings (SSSR count). The average Bonchev–Trinajstić information content (AvgIpc) is 2.92. The molecule has 0 radical (unpaired) electrons. The van der Waals surface area contributed by atoms with Gasteiger partial charge in [0.25, 0.3) is 0 Å². The third-order valence-electron chi connectivity index (χ3n) is 4.54. The summed E-state index contributed by atoms with van der Waals surface area (Å²) in [5.41, 5.74) is 4.74. The summed E-state index contributed by atoms with van der Waals surface area (Å²) in [6.07, 6.45) is 0.851. The van der Waals surface area contributed by atoms with Crippen molar-refractivity contribution in [3.8, 4) is 17.1 Å². The Labute approximate surface area is 151 Å². The topological polar surface area (TPSA) is 73.2 Å². The quantitative estimate of drug-likeness (QED) is 0.717. The molecule has 0 aliphatic carbocycles. The molecule has 6 nitrogen and oxygen atoms in total. The second-order valence-electron chi connectivity index (χ2n) is 6.18. The van der Waals surface area contributed by atoms with E-state index in [1.165, 1.54) is 6.92 Å². The molecular weight excluding hydrogens is 330 g/mol. The summed E-state index contributed by atoms with van der Waals surface area (Å²) in [7, 11) is 3.41. The van der Waals surface area contributed by atoms with Gasteiger partial charge >= 0.3 is 0 Å². The molecule has 0 spiro atoms. The van der Waals surface area contributed by atoms with Gasteiger partial charge in [0.2, 0.25) is 11.8 Å². The van der Waals surface area contributed by atoms with Gasteiger partial charge in [-0.15, -0.1) is 0 Å². The molecule has 0 bridgehead atoms. The van der Waals surface area contributed by atoms with Crippen molar-refractivity contribution in [2.45, 2.75) is 20.4 Å². The van der Waals surface area contributed by atoms with Gasteiger partial charge in [-0.25, -0.2) is 4.98 Å². The van der Waals surface area contributed by atoms with E-state index in [0.717, 1.165) is 33.9 Å². The maximum Gasteiger partial charge on any atom is 0.218 e. The van der Waals surface area contributed by atoms with Crippen LogP contribution in [0.1, 0.15) is 28.5 Å². The Kier molecular flexibility index (Phi) is 4.75. The van der Waals surface area contributed by atoms with Crippen molar-refractivity contribution in [1.29, 1.82) is 0 Å². The number of rotatable bonds is 5. The molecule has 0 saturated heterocycles. The highest BCUT2D eigenvalue weighted by Crippen LogP contribution is 2.35. The first-order chi connectivity index (χ1) is 12.5. The standard InChI is InChI=1S/C20H21N3O3/c1-12-9-16(22-20(26-4)15(12)10-21-13(2)25)19-14-7-5-6-8-17(14)23(3)18(19)11-24/h5-9,11H,10H2,1-4H3,(H,21,25). The first-order valence-corrected chi connectivity index (χ1v) is 8.29. The largest absolute Gasteiger partial charge is 0.481 e. The normalized spacial score (nSPS) is 10.8. The van der Waals surface area contributed by atoms with Crippen molar-refractivity contribution in [2.24, 2.45) is 7.05 Å². The number of para-hydroxylation sites is 1. The van der Waals surface area contributed by atoms with E-state index < -0.39 is 0 Å². The third kappa shape index (κ3) is 2.94. The van der Waals surface area contributed by atoms with Crippen LogP contribution in [-0.4, -0.2) is 28.9 Å². The Morgan fingerprint density at radius 2 is 2.08 bits per heavy atom. The molecule has 0 unspecified atom stereocenters. The number of nitrogens with zero attached hydrogens (tertiary/aromatic N) is 2. The van der Waals surface area contributed by atoms with Crippen molar-refractivity contribution in [2.75, 3.05) is 7.11 Å². The van der Waals surface area contributed by atoms with Gasteiger partial charge in [0.1, 0.15) is 0 Å². The highest BCUT2D eigenvalue weighted by Gasteiger charge is 2.20. The molecule has 1 amide bonds. The molecule has 2 aromatic heterocycles. The van der Waals surface area contributed by atoms with Gasteiger partial charge < -0.3 is 14.6 Å². The van der Waals surface area contributed by atoms with Crippen LogP contribution < -0.4 is 10.1 Å². The predicted octanol–water partition coefficient (Wildman–Crippen LogP) is 3.01. The Hall–Kier alpha value is -3.15. The number of amides is 1. The second-order valence-corrected chi connectivity index (χ2v) is 6.18. The van der Waals surface area contributed by atoms with Crippen LogP contribution in [0.5, 0.6) is 5.88 Å². The zero-order valence-corrected chi connectivity index (χ0v) is 15.3. The van der Waals surface area contributed by atoms with Gasteiger partial charge in [-0.2, -0.15) is 0 Å². The minimum Gasteiger partial charge on any atom is -0.481 e. The van der Waals surface area contributed by atoms with Gasteiger partial charge in [0, 0.05) is 42.5 Å². The Bertz CT molecular complexity index is 1010. The number of methoxy groups -OCH3 is 1. The van der Waals surface area contributed by atoms with Crippen molar-refractivity contribution in [1.82, 2.24) is 14.9 Å². The lowest BCUT2D eigenvalue weighted by molar-refractivity contribution is -0.119. The molecule has 0 aliphatic heterocycles. The van der Waals surface area contributed by atoms with Crippen molar-refractivity contribution in [3.05, 3.63) is 47.2 Å². The van der Waals surface area contributed by atoms with Gasteiger partial charge in [0.15, 0.2) is 6.29 Å². The maximum atomic E-state index is 11.7. The zero-order chi connectivity index (χ0) is 18.8. The third-order valence-corrected chi connectivity index (χ3v) is 4.54. The van der Waals surface area contributed by atoms with E-state index >= 15 is 0 Å². The van der Waals surface area contributed by atoms with Crippen molar-refractivity contribution in [3.63, 3.8) is 0 Å². The molecule has 2 heterocycles. The molecule has 1 N–H and O–H groups in total. The molecule has 3 aromatic rings. The van der Waals surface area contributed by atoms with Gasteiger partial charge in [-0.05, 0) is 24.6 Å². The Morgan fingerprint density at radius 3 is 2.73 bits per heavy atom. The summed E-state index contributed by atoms with van der Waals surface area (Å²) in [6.45, 7) is 3.75. The SMILES string of the molecule is COc1nc(-c2c(C=O)n(C)c3ccccc23)cc(C)c1CNC(C)=O. The van der Waals surface area contributed by atoms with Crippen LogP contribution in [0.2, 0.25) is 0 Å². The van der Waals surface area contributed by atoms with Crippen LogP contribution in [0.25, 0.3) is 22.2 Å². The lowest BCUT2D eigenvalue weighted by Crippen LogP contribution is -2.20. The number of nitrogens with one attached hydrogen (secondary N) is 1. The van der Waals surface area contributed by atoms with E-state index in [2.05, 4.69) is 10.3 Å². The number of carbonyl (C=O) groups excluding carboxylic acids is 2. The molecule has 134 valence electrons. The number of aldehydes is 1. The van der Waals surface area contributed by atoms with E-state index in [9.17, 15) is 9.59 Å². The van der Waals surface area contributed by atoms with Crippen LogP contribution >= 0.6 is 0 Å². The first-order valence-electron chi connectivity index (χ1n) is 8.29. The Balaban J connectivity index is 2.22. The summed E-state index contributed by atoms with van der Waals surface area (Å²) in [6, 6.07) is 9.76. The highest BCUT2D eigenvalue weighted by atomic mass is 16.5. The summed E-state index contributed by atoms with van der Waals surface area (Å²) >= 11 is 0. The number of aromatic nitrogens is 2. The number of hydrogen-bond donors (Lipinski definition) is 1. The molecule has 1 aromatic carbocycles. The van der Waals surface area contributed by atoms with Gasteiger partial charge in [-0.3, -0.25) is 9.59 Å². The smallest absolute Gasteiger partial charge is 0.218 e. The average molecular weight is 351 g/mol. The number of pyridine rings is 1. The van der Waals surface area contributed by atoms with Gasteiger partial charge in [0.05, 0.1) is 18.5 Å². The number of benzene rings is 1. The molecule has 6 heteroatoms. The van der Waals surface area contributed by atoms with Crippen LogP contribution in [0, 0.1) is 6.92 Å². The summed E-state index contributed by atoms with van der Waals surface area (Å²) in [4.78, 5) is 27.6. The van der Waals surface area contributed by atoms with Crippen molar-refractivity contribution < 1.29 is 14.3 Å². The van der Waals surface area contributed by atoms with Crippen LogP contribution in [0.15, 0.2) is 30.3 Å². The van der Waals surface area contributed by atoms with Crippen LogP contribution in [0.3, 0.4) is 0 Å². The van der Waals surface area contributed by atoms with Crippen molar-refractivity contribution >= 4 is 23.1 Å². The molecule has 0 aliphatic rings. The number of hydrogen-bond acceptors (Lipinski definition) is 4. The number of ether oxygens (including phenoxy) is 1. The fourth-order valence-electron chi connectivity index (χ4n) is 3.21. The number of aryl methyl sites for hydroxylation is 2. The monoisotopic (exact) mass is 351 g/mol. The fourth-order valence-corrected chi connectivity index (χ4v) is 3.21. The molecule has 26 heavy (non-hydrogen) atoms. The summed E-state index contributed by atoms with van der Waals surface area (Å²) in [5, 5.41) is 3.73. The first kappa shape index (κ1) is 17.7. The Morgan fingerprint density at radius 1 is 1.35 bits per heavy atom. The lowest BCUT2D eigenvalue weighted by atomic mass is 10.0. The molecule has 0 fully saturated rings. The second kappa shape index (κ2) is 7.00. The number of fused-ring (bicyclic) bond motifs is 1. The summed E-state index contributed by atoms with van der Waals surface area (Å²) in [5.74, 6) is 0.325.